The molecule has 0 spiro atoms. The second-order valence-electron chi connectivity index (χ2n) is 6.37. The zero-order valence-corrected chi connectivity index (χ0v) is 16.0. The Bertz CT molecular complexity index is 703. The van der Waals surface area contributed by atoms with Gasteiger partial charge in [-0.05, 0) is 30.4 Å². The molecule has 1 heterocycles. The van der Waals surface area contributed by atoms with E-state index in [9.17, 15) is 4.79 Å². The maximum atomic E-state index is 12.0. The van der Waals surface area contributed by atoms with Crippen molar-refractivity contribution in [2.45, 2.75) is 31.8 Å². The summed E-state index contributed by atoms with van der Waals surface area (Å²) in [6.07, 6.45) is 4.83. The molecule has 1 saturated carbocycles. The molecule has 1 radical (unpaired) electrons. The van der Waals surface area contributed by atoms with Crippen molar-refractivity contribution in [3.05, 3.63) is 66.7 Å². The van der Waals surface area contributed by atoms with E-state index in [1.165, 1.54) is 12.8 Å². The maximum Gasteiger partial charge on any atom is 2.00 e. The van der Waals surface area contributed by atoms with Crippen LogP contribution in [-0.2, 0) is 31.5 Å². The average Bonchev–Trinajstić information content (AvgIpc) is 3.44. The van der Waals surface area contributed by atoms with E-state index in [1.807, 2.05) is 36.4 Å². The van der Waals surface area contributed by atoms with E-state index in [1.54, 1.807) is 6.20 Å². The quantitative estimate of drug-likeness (QED) is 0.677. The first-order chi connectivity index (χ1) is 12.2. The van der Waals surface area contributed by atoms with Gasteiger partial charge in [0, 0.05) is 21.7 Å². The van der Waals surface area contributed by atoms with Crippen molar-refractivity contribution in [2.75, 3.05) is 6.61 Å². The van der Waals surface area contributed by atoms with Gasteiger partial charge in [0.25, 0.3) is 0 Å². The van der Waals surface area contributed by atoms with Crippen molar-refractivity contribution in [3.8, 4) is 5.88 Å². The normalized spacial score (nSPS) is 14.0. The van der Waals surface area contributed by atoms with Gasteiger partial charge >= 0.3 is 24.6 Å². The Kier molecular flexibility index (Phi) is 8.01. The fourth-order valence-corrected chi connectivity index (χ4v) is 2.42. The third-order valence-electron chi connectivity index (χ3n) is 3.99. The summed E-state index contributed by atoms with van der Waals surface area (Å²) in [4.78, 5) is 16.2. The number of benzene rings is 1. The van der Waals surface area contributed by atoms with Crippen LogP contribution in [0.5, 0.6) is 5.88 Å². The summed E-state index contributed by atoms with van der Waals surface area (Å²) < 4.78 is 5.66. The van der Waals surface area contributed by atoms with Gasteiger partial charge in [-0.25, -0.2) is 9.78 Å². The fourth-order valence-electron chi connectivity index (χ4n) is 2.42. The molecule has 2 aromatic rings. The van der Waals surface area contributed by atoms with E-state index in [0.717, 1.165) is 17.7 Å². The zero-order chi connectivity index (χ0) is 17.5. The van der Waals surface area contributed by atoms with Crippen LogP contribution in [-0.4, -0.2) is 23.7 Å². The number of hydrogen-bond donors (Lipinski definition) is 2. The number of carbonyl (C=O) groups excluding carboxylic acids is 1. The minimum atomic E-state index is -0.242. The third kappa shape index (κ3) is 7.10. The number of hydrogen-bond acceptors (Lipinski definition) is 3. The van der Waals surface area contributed by atoms with Gasteiger partial charge in [-0.1, -0.05) is 12.5 Å². The van der Waals surface area contributed by atoms with E-state index in [2.05, 4.69) is 28.6 Å². The molecule has 1 aromatic heterocycles. The number of nitrogens with one attached hydrogen (secondary N) is 2. The van der Waals surface area contributed by atoms with Crippen LogP contribution in [0.1, 0.15) is 26.8 Å². The Hall–Kier alpha value is -1.98. The van der Waals surface area contributed by atoms with E-state index < -0.39 is 0 Å². The van der Waals surface area contributed by atoms with Gasteiger partial charge in [0.2, 0.25) is 5.88 Å². The molecular weight excluding hydrogens is 365 g/mol. The second kappa shape index (κ2) is 10.2. The zero-order valence-electron chi connectivity index (χ0n) is 14.6. The number of pyridine rings is 1. The van der Waals surface area contributed by atoms with Crippen LogP contribution in [0.3, 0.4) is 0 Å². The molecule has 1 unspecified atom stereocenters. The molecule has 1 atom stereocenters. The van der Waals surface area contributed by atoms with E-state index in [-0.39, 0.29) is 33.5 Å². The summed E-state index contributed by atoms with van der Waals surface area (Å²) in [5.41, 5.74) is 1.97. The van der Waals surface area contributed by atoms with Crippen molar-refractivity contribution in [1.29, 1.82) is 0 Å². The third-order valence-corrected chi connectivity index (χ3v) is 3.99. The minimum absolute atomic E-state index is 0. The molecule has 6 heteroatoms. The molecule has 2 N–H and O–H groups in total. The van der Waals surface area contributed by atoms with Crippen molar-refractivity contribution in [1.82, 2.24) is 15.6 Å². The molecule has 1 aromatic carbocycles. The van der Waals surface area contributed by atoms with E-state index in [0.29, 0.717) is 24.8 Å². The van der Waals surface area contributed by atoms with E-state index >= 15 is 0 Å². The molecule has 1 aliphatic carbocycles. The first-order valence-electron chi connectivity index (χ1n) is 8.60. The summed E-state index contributed by atoms with van der Waals surface area (Å²) >= 11 is 0. The van der Waals surface area contributed by atoms with Crippen molar-refractivity contribution in [3.63, 3.8) is 0 Å². The molecule has 0 aliphatic heterocycles. The fraction of sp³-hybridized carbons (Fsp3) is 0.350. The van der Waals surface area contributed by atoms with Crippen LogP contribution in [0.2, 0.25) is 0 Å². The monoisotopic (exact) mass is 392 g/mol. The van der Waals surface area contributed by atoms with Crippen LogP contribution in [0.4, 0.5) is 4.79 Å². The number of rotatable bonds is 8. The van der Waals surface area contributed by atoms with Crippen molar-refractivity contribution in [2.24, 2.45) is 5.92 Å². The van der Waals surface area contributed by atoms with Crippen LogP contribution in [0.15, 0.2) is 42.6 Å². The van der Waals surface area contributed by atoms with Gasteiger partial charge in [0.15, 0.2) is 0 Å². The summed E-state index contributed by atoms with van der Waals surface area (Å²) in [5, 5.41) is 5.67. The predicted octanol–water partition coefficient (Wildman–Crippen LogP) is 3.40. The number of nitrogens with zero attached hydrogens (tertiary/aromatic N) is 1. The number of carbonyl (C=O) groups is 1. The first-order valence-corrected chi connectivity index (χ1v) is 8.60. The molecule has 3 rings (SSSR count). The van der Waals surface area contributed by atoms with E-state index in [4.69, 9.17) is 4.74 Å². The topological polar surface area (TPSA) is 63.2 Å². The Morgan fingerprint density at radius 1 is 1.42 bits per heavy atom. The summed E-state index contributed by atoms with van der Waals surface area (Å²) in [6.45, 7) is 5.11. The van der Waals surface area contributed by atoms with Crippen LogP contribution >= 0.6 is 0 Å². The number of ether oxygens (including phenoxy) is 1. The Morgan fingerprint density at radius 3 is 3.00 bits per heavy atom. The minimum Gasteiger partial charge on any atom is -0.477 e. The summed E-state index contributed by atoms with van der Waals surface area (Å²) in [6, 6.07) is 14.1. The molecule has 139 valence electrons. The molecular formula is C20H27N3O2V. The molecule has 26 heavy (non-hydrogen) atoms. The van der Waals surface area contributed by atoms with Crippen LogP contribution in [0, 0.1) is 18.9 Å². The average molecular weight is 392 g/mol. The SMILES string of the molecule is [CH2-]C(Cc1[c-]cccc1)NC(=O)NCc1ccnc(OCC2CC2)c1.[HH].[HH].[V+2]. The Morgan fingerprint density at radius 2 is 2.27 bits per heavy atom. The first kappa shape index (κ1) is 20.3. The van der Waals surface area contributed by atoms with Gasteiger partial charge < -0.3 is 22.3 Å². The molecule has 5 nitrogen and oxygen atoms in total. The second-order valence-corrected chi connectivity index (χ2v) is 6.37. The molecule has 0 saturated heterocycles. The summed E-state index contributed by atoms with van der Waals surface area (Å²) in [5.74, 6) is 1.30. The number of amides is 2. The van der Waals surface area contributed by atoms with Crippen molar-refractivity contribution < 1.29 is 30.9 Å². The largest absolute Gasteiger partial charge is 2.00 e. The van der Waals surface area contributed by atoms with Gasteiger partial charge in [-0.2, -0.15) is 35.9 Å². The maximum absolute atomic E-state index is 12.0. The number of urea groups is 1. The standard InChI is InChI=1S/C20H23N3O2.V.2H2/c1-15(11-16-5-3-2-4-6-16)23-20(24)22-13-18-9-10-21-19(12-18)25-14-17-7-8-17;;;/h2-5,9-10,12,15,17H,1,7-8,11,13-14H2,(H2,22,23,24);;2*1H/q-2;+2;;. The smallest absolute Gasteiger partial charge is 0.477 e. The predicted molar refractivity (Wildman–Crippen MR) is 100 cm³/mol. The van der Waals surface area contributed by atoms with Crippen LogP contribution < -0.4 is 15.4 Å². The van der Waals surface area contributed by atoms with Gasteiger partial charge in [-0.3, -0.25) is 0 Å². The molecule has 0 bridgehead atoms. The Balaban J connectivity index is 0.00000243. The Labute approximate surface area is 169 Å². The molecule has 1 fully saturated rings. The summed E-state index contributed by atoms with van der Waals surface area (Å²) in [7, 11) is 0. The molecule has 2 amide bonds. The van der Waals surface area contributed by atoms with Gasteiger partial charge in [0.05, 0.1) is 6.61 Å². The van der Waals surface area contributed by atoms with Gasteiger partial charge in [0.1, 0.15) is 0 Å². The number of aromatic nitrogens is 1. The van der Waals surface area contributed by atoms with Gasteiger partial charge in [-0.15, -0.1) is 0 Å². The van der Waals surface area contributed by atoms with Crippen molar-refractivity contribution >= 4 is 6.03 Å². The molecule has 1 aliphatic rings. The van der Waals surface area contributed by atoms with Crippen LogP contribution in [0.25, 0.3) is 0 Å².